The molecule has 0 aliphatic carbocycles. The molecule has 0 radical (unpaired) electrons. The Morgan fingerprint density at radius 1 is 1.29 bits per heavy atom. The molecule has 0 saturated heterocycles. The second-order valence-corrected chi connectivity index (χ2v) is 5.01. The molecule has 0 aliphatic heterocycles. The molecule has 0 bridgehead atoms. The normalized spacial score (nSPS) is 11.0. The average molecular weight is 291 g/mol. The van der Waals surface area contributed by atoms with E-state index in [-0.39, 0.29) is 5.95 Å². The first-order valence-electron chi connectivity index (χ1n) is 6.96. The molecule has 0 aliphatic rings. The molecule has 0 spiro atoms. The van der Waals surface area contributed by atoms with Crippen LogP contribution in [0.4, 0.5) is 11.9 Å². The summed E-state index contributed by atoms with van der Waals surface area (Å²) in [6.45, 7) is 6.32. The number of rotatable bonds is 8. The molecule has 8 nitrogen and oxygen atoms in total. The average Bonchev–Trinajstić information content (AvgIpc) is 2.96. The number of nitrogens with zero attached hydrogens (tertiary/aromatic N) is 5. The summed E-state index contributed by atoms with van der Waals surface area (Å²) in [5.74, 6) is 1.68. The molecule has 2 heterocycles. The van der Waals surface area contributed by atoms with Crippen LogP contribution in [0.1, 0.15) is 20.3 Å². The van der Waals surface area contributed by atoms with E-state index in [2.05, 4.69) is 39.1 Å². The molecule has 8 heteroatoms. The Bertz CT molecular complexity index is 541. The third kappa shape index (κ3) is 4.99. The largest absolute Gasteiger partial charge is 0.380 e. The van der Waals surface area contributed by atoms with Crippen LogP contribution in [-0.4, -0.2) is 44.3 Å². The van der Waals surface area contributed by atoms with Crippen LogP contribution in [0.25, 0.3) is 5.95 Å². The van der Waals surface area contributed by atoms with Crippen LogP contribution in [-0.2, 0) is 4.74 Å². The molecule has 2 aromatic rings. The molecule has 0 amide bonds. The molecule has 0 fully saturated rings. The zero-order chi connectivity index (χ0) is 15.1. The summed E-state index contributed by atoms with van der Waals surface area (Å²) in [6.07, 6.45) is 6.06. The Labute approximate surface area is 123 Å². The van der Waals surface area contributed by atoms with E-state index in [0.717, 1.165) is 13.0 Å². The number of nitrogen functional groups attached to an aromatic ring is 1. The summed E-state index contributed by atoms with van der Waals surface area (Å²) in [6, 6.07) is 0. The summed E-state index contributed by atoms with van der Waals surface area (Å²) in [5.41, 5.74) is 5.68. The SMILES string of the molecule is CC(C)CCOCCNc1nc(N)nc(-n2ccnc2)n1. The Balaban J connectivity index is 1.83. The van der Waals surface area contributed by atoms with Crippen LogP contribution < -0.4 is 11.1 Å². The molecule has 0 atom stereocenters. The van der Waals surface area contributed by atoms with Crippen molar-refractivity contribution in [2.45, 2.75) is 20.3 Å². The molecule has 0 unspecified atom stereocenters. The van der Waals surface area contributed by atoms with Crippen molar-refractivity contribution in [2.75, 3.05) is 30.8 Å². The lowest BCUT2D eigenvalue weighted by atomic mass is 10.1. The fourth-order valence-electron chi connectivity index (χ4n) is 1.61. The Morgan fingerprint density at radius 2 is 2.14 bits per heavy atom. The lowest BCUT2D eigenvalue weighted by Gasteiger charge is -2.09. The van der Waals surface area contributed by atoms with E-state index in [1.807, 2.05) is 0 Å². The van der Waals surface area contributed by atoms with Crippen molar-refractivity contribution in [3.63, 3.8) is 0 Å². The van der Waals surface area contributed by atoms with Gasteiger partial charge in [0.1, 0.15) is 6.33 Å². The van der Waals surface area contributed by atoms with Crippen molar-refractivity contribution in [1.82, 2.24) is 24.5 Å². The van der Waals surface area contributed by atoms with Gasteiger partial charge in [0.2, 0.25) is 17.8 Å². The summed E-state index contributed by atoms with van der Waals surface area (Å²) >= 11 is 0. The second-order valence-electron chi connectivity index (χ2n) is 5.01. The first-order chi connectivity index (χ1) is 10.1. The maximum absolute atomic E-state index is 5.68. The van der Waals surface area contributed by atoms with Gasteiger partial charge in [0.15, 0.2) is 0 Å². The number of hydrogen-bond acceptors (Lipinski definition) is 7. The summed E-state index contributed by atoms with van der Waals surface area (Å²) < 4.78 is 7.19. The van der Waals surface area contributed by atoms with Gasteiger partial charge >= 0.3 is 0 Å². The van der Waals surface area contributed by atoms with Gasteiger partial charge in [-0.05, 0) is 12.3 Å². The van der Waals surface area contributed by atoms with Gasteiger partial charge in [-0.25, -0.2) is 4.98 Å². The van der Waals surface area contributed by atoms with Crippen molar-refractivity contribution in [3.8, 4) is 5.95 Å². The van der Waals surface area contributed by atoms with E-state index < -0.39 is 0 Å². The molecule has 3 N–H and O–H groups in total. The van der Waals surface area contributed by atoms with Crippen molar-refractivity contribution < 1.29 is 4.74 Å². The van der Waals surface area contributed by atoms with Crippen LogP contribution in [0.3, 0.4) is 0 Å². The highest BCUT2D eigenvalue weighted by molar-refractivity contribution is 5.34. The van der Waals surface area contributed by atoms with Crippen molar-refractivity contribution >= 4 is 11.9 Å². The second kappa shape index (κ2) is 7.53. The number of imidazole rings is 1. The molecular formula is C13H21N7O. The first kappa shape index (κ1) is 15.2. The van der Waals surface area contributed by atoms with E-state index in [9.17, 15) is 0 Å². The number of nitrogens with two attached hydrogens (primary N) is 1. The molecule has 2 rings (SSSR count). The van der Waals surface area contributed by atoms with Crippen LogP contribution in [0.5, 0.6) is 0 Å². The van der Waals surface area contributed by atoms with E-state index in [1.165, 1.54) is 0 Å². The first-order valence-corrected chi connectivity index (χ1v) is 6.96. The van der Waals surface area contributed by atoms with Gasteiger partial charge in [0.25, 0.3) is 0 Å². The van der Waals surface area contributed by atoms with Crippen molar-refractivity contribution in [2.24, 2.45) is 5.92 Å². The Morgan fingerprint density at radius 3 is 2.86 bits per heavy atom. The lowest BCUT2D eigenvalue weighted by molar-refractivity contribution is 0.132. The number of aromatic nitrogens is 5. The third-order valence-electron chi connectivity index (χ3n) is 2.75. The van der Waals surface area contributed by atoms with E-state index in [0.29, 0.717) is 31.0 Å². The zero-order valence-corrected chi connectivity index (χ0v) is 12.4. The highest BCUT2D eigenvalue weighted by Gasteiger charge is 2.05. The highest BCUT2D eigenvalue weighted by Crippen LogP contribution is 2.06. The fraction of sp³-hybridized carbons (Fsp3) is 0.538. The molecule has 0 aromatic carbocycles. The van der Waals surface area contributed by atoms with Gasteiger partial charge in [-0.15, -0.1) is 0 Å². The standard InChI is InChI=1S/C13H21N7O/c1-10(2)3-7-21-8-5-16-12-17-11(14)18-13(19-12)20-6-4-15-9-20/h4,6,9-10H,3,5,7-8H2,1-2H3,(H3,14,16,17,18,19). The molecule has 2 aromatic heterocycles. The number of anilines is 2. The van der Waals surface area contributed by atoms with Gasteiger partial charge in [-0.1, -0.05) is 13.8 Å². The summed E-state index contributed by atoms with van der Waals surface area (Å²) in [7, 11) is 0. The number of nitrogens with one attached hydrogen (secondary N) is 1. The minimum absolute atomic E-state index is 0.164. The minimum Gasteiger partial charge on any atom is -0.380 e. The maximum atomic E-state index is 5.68. The van der Waals surface area contributed by atoms with Crippen LogP contribution in [0.2, 0.25) is 0 Å². The Hall–Kier alpha value is -2.22. The van der Waals surface area contributed by atoms with Crippen LogP contribution in [0, 0.1) is 5.92 Å². The molecule has 21 heavy (non-hydrogen) atoms. The van der Waals surface area contributed by atoms with Crippen LogP contribution in [0.15, 0.2) is 18.7 Å². The lowest BCUT2D eigenvalue weighted by Crippen LogP contribution is -2.15. The van der Waals surface area contributed by atoms with E-state index >= 15 is 0 Å². The van der Waals surface area contributed by atoms with Gasteiger partial charge in [0, 0.05) is 25.5 Å². The maximum Gasteiger partial charge on any atom is 0.241 e. The number of hydrogen-bond donors (Lipinski definition) is 2. The molecular weight excluding hydrogens is 270 g/mol. The van der Waals surface area contributed by atoms with E-state index in [4.69, 9.17) is 10.5 Å². The zero-order valence-electron chi connectivity index (χ0n) is 12.4. The molecule has 114 valence electrons. The van der Waals surface area contributed by atoms with Crippen molar-refractivity contribution in [3.05, 3.63) is 18.7 Å². The van der Waals surface area contributed by atoms with Crippen LogP contribution >= 0.6 is 0 Å². The third-order valence-corrected chi connectivity index (χ3v) is 2.75. The molecule has 0 saturated carbocycles. The minimum atomic E-state index is 0.164. The topological polar surface area (TPSA) is 104 Å². The summed E-state index contributed by atoms with van der Waals surface area (Å²) in [4.78, 5) is 16.3. The quantitative estimate of drug-likeness (QED) is 0.702. The monoisotopic (exact) mass is 291 g/mol. The van der Waals surface area contributed by atoms with Gasteiger partial charge in [-0.2, -0.15) is 15.0 Å². The summed E-state index contributed by atoms with van der Waals surface area (Å²) in [5, 5.41) is 3.07. The van der Waals surface area contributed by atoms with Gasteiger partial charge < -0.3 is 15.8 Å². The van der Waals surface area contributed by atoms with E-state index in [1.54, 1.807) is 23.3 Å². The fourth-order valence-corrected chi connectivity index (χ4v) is 1.61. The predicted octanol–water partition coefficient (Wildman–Crippen LogP) is 1.11. The van der Waals surface area contributed by atoms with Gasteiger partial charge in [-0.3, -0.25) is 4.57 Å². The van der Waals surface area contributed by atoms with Crippen molar-refractivity contribution in [1.29, 1.82) is 0 Å². The predicted molar refractivity (Wildman–Crippen MR) is 80.1 cm³/mol. The smallest absolute Gasteiger partial charge is 0.241 e. The number of ether oxygens (including phenoxy) is 1. The highest BCUT2D eigenvalue weighted by atomic mass is 16.5. The van der Waals surface area contributed by atoms with Gasteiger partial charge in [0.05, 0.1) is 6.61 Å². The Kier molecular flexibility index (Phi) is 5.44.